The van der Waals surface area contributed by atoms with Crippen LogP contribution in [0.5, 0.6) is 0 Å². The summed E-state index contributed by atoms with van der Waals surface area (Å²) in [6.45, 7) is 6.79. The van der Waals surface area contributed by atoms with Crippen molar-refractivity contribution in [2.75, 3.05) is 40.3 Å². The third-order valence-electron chi connectivity index (χ3n) is 2.57. The molecule has 0 aromatic rings. The number of likely N-dealkylation sites (N-methyl/N-ethyl adjacent to an activating group) is 1. The lowest BCUT2D eigenvalue weighted by Gasteiger charge is -2.23. The minimum Gasteiger partial charge on any atom is -0.388 e. The second kappa shape index (κ2) is 9.60. The first-order valence-corrected chi connectivity index (χ1v) is 6.26. The fourth-order valence-electron chi connectivity index (χ4n) is 1.64. The van der Waals surface area contributed by atoms with Gasteiger partial charge in [0.05, 0.1) is 5.84 Å². The van der Waals surface area contributed by atoms with Crippen molar-refractivity contribution >= 4 is 5.84 Å². The minimum absolute atomic E-state index is 0.315. The monoisotopic (exact) mass is 228 g/mol. The average Bonchev–Trinajstić information content (AvgIpc) is 2.20. The summed E-state index contributed by atoms with van der Waals surface area (Å²) in [5.74, 6) is 0.315. The van der Waals surface area contributed by atoms with Gasteiger partial charge in [-0.1, -0.05) is 6.92 Å². The molecule has 3 N–H and O–H groups in total. The standard InChI is InChI=1S/C12H28N4/c1-4-8-16(11-10-15(2)3)9-6-5-7-12(13)14/h4-11H2,1-3H3,(H3,13,14). The van der Waals surface area contributed by atoms with Crippen LogP contribution in [0.3, 0.4) is 0 Å². The molecule has 0 heterocycles. The molecular formula is C12H28N4. The molecule has 0 amide bonds. The van der Waals surface area contributed by atoms with Gasteiger partial charge in [0.25, 0.3) is 0 Å². The molecule has 0 bridgehead atoms. The maximum Gasteiger partial charge on any atom is 0.0905 e. The number of amidine groups is 1. The first-order chi connectivity index (χ1) is 7.56. The fraction of sp³-hybridized carbons (Fsp3) is 0.917. The summed E-state index contributed by atoms with van der Waals surface area (Å²) in [6, 6.07) is 0. The Morgan fingerprint density at radius 1 is 1.06 bits per heavy atom. The van der Waals surface area contributed by atoms with E-state index in [1.54, 1.807) is 0 Å². The smallest absolute Gasteiger partial charge is 0.0905 e. The van der Waals surface area contributed by atoms with Gasteiger partial charge in [-0.2, -0.15) is 0 Å². The van der Waals surface area contributed by atoms with Gasteiger partial charge in [0.1, 0.15) is 0 Å². The molecule has 4 heteroatoms. The van der Waals surface area contributed by atoms with Crippen LogP contribution in [0.25, 0.3) is 0 Å². The SMILES string of the molecule is CCCN(CCCCC(=N)N)CCN(C)C. The molecule has 0 unspecified atom stereocenters. The Labute approximate surface area is 100 Å². The summed E-state index contributed by atoms with van der Waals surface area (Å²) < 4.78 is 0. The van der Waals surface area contributed by atoms with E-state index in [4.69, 9.17) is 11.1 Å². The lowest BCUT2D eigenvalue weighted by molar-refractivity contribution is 0.237. The molecule has 0 spiro atoms. The van der Waals surface area contributed by atoms with E-state index in [-0.39, 0.29) is 0 Å². The average molecular weight is 228 g/mol. The summed E-state index contributed by atoms with van der Waals surface area (Å²) in [7, 11) is 4.22. The summed E-state index contributed by atoms with van der Waals surface area (Å²) in [5.41, 5.74) is 5.33. The van der Waals surface area contributed by atoms with Crippen molar-refractivity contribution in [1.29, 1.82) is 5.41 Å². The third kappa shape index (κ3) is 9.93. The van der Waals surface area contributed by atoms with Gasteiger partial charge in [0.2, 0.25) is 0 Å². The van der Waals surface area contributed by atoms with E-state index in [0.717, 1.165) is 38.9 Å². The number of hydrogen-bond acceptors (Lipinski definition) is 3. The van der Waals surface area contributed by atoms with E-state index in [2.05, 4.69) is 30.8 Å². The topological polar surface area (TPSA) is 56.4 Å². The molecule has 0 aliphatic carbocycles. The Morgan fingerprint density at radius 3 is 2.25 bits per heavy atom. The third-order valence-corrected chi connectivity index (χ3v) is 2.57. The van der Waals surface area contributed by atoms with Gasteiger partial charge in [-0.25, -0.2) is 0 Å². The highest BCUT2D eigenvalue weighted by Crippen LogP contribution is 2.00. The molecule has 0 saturated carbocycles. The van der Waals surface area contributed by atoms with Crippen LogP contribution in [0.2, 0.25) is 0 Å². The van der Waals surface area contributed by atoms with Crippen LogP contribution in [0, 0.1) is 5.41 Å². The second-order valence-electron chi connectivity index (χ2n) is 4.63. The number of nitrogens with one attached hydrogen (secondary N) is 1. The van der Waals surface area contributed by atoms with E-state index in [1.165, 1.54) is 13.0 Å². The molecule has 0 aromatic carbocycles. The van der Waals surface area contributed by atoms with Gasteiger partial charge in [-0.15, -0.1) is 0 Å². The molecule has 0 saturated heterocycles. The molecule has 16 heavy (non-hydrogen) atoms. The van der Waals surface area contributed by atoms with Crippen LogP contribution in [-0.2, 0) is 0 Å². The van der Waals surface area contributed by atoms with E-state index in [0.29, 0.717) is 5.84 Å². The van der Waals surface area contributed by atoms with E-state index in [9.17, 15) is 0 Å². The molecule has 96 valence electrons. The molecule has 0 aliphatic rings. The Kier molecular flexibility index (Phi) is 9.24. The van der Waals surface area contributed by atoms with E-state index < -0.39 is 0 Å². The molecule has 0 radical (unpaired) electrons. The van der Waals surface area contributed by atoms with Crippen molar-refractivity contribution in [3.8, 4) is 0 Å². The number of nitrogens with zero attached hydrogens (tertiary/aromatic N) is 2. The zero-order chi connectivity index (χ0) is 12.4. The lowest BCUT2D eigenvalue weighted by Crippen LogP contribution is -2.33. The number of rotatable bonds is 10. The van der Waals surface area contributed by atoms with Gasteiger partial charge in [0.15, 0.2) is 0 Å². The zero-order valence-electron chi connectivity index (χ0n) is 11.1. The maximum absolute atomic E-state index is 7.16. The van der Waals surface area contributed by atoms with Crippen molar-refractivity contribution in [2.45, 2.75) is 32.6 Å². The Hall–Kier alpha value is -0.610. The predicted molar refractivity (Wildman–Crippen MR) is 71.1 cm³/mol. The number of hydrogen-bond donors (Lipinski definition) is 2. The van der Waals surface area contributed by atoms with Crippen LogP contribution < -0.4 is 5.73 Å². The Morgan fingerprint density at radius 2 is 1.75 bits per heavy atom. The first kappa shape index (κ1) is 15.4. The van der Waals surface area contributed by atoms with Crippen molar-refractivity contribution < 1.29 is 0 Å². The van der Waals surface area contributed by atoms with Crippen LogP contribution in [-0.4, -0.2) is 55.9 Å². The van der Waals surface area contributed by atoms with Crippen molar-refractivity contribution in [2.24, 2.45) is 5.73 Å². The first-order valence-electron chi connectivity index (χ1n) is 6.26. The predicted octanol–water partition coefficient (Wildman–Crippen LogP) is 1.37. The largest absolute Gasteiger partial charge is 0.388 e. The van der Waals surface area contributed by atoms with Crippen molar-refractivity contribution in [3.05, 3.63) is 0 Å². The minimum atomic E-state index is 0.315. The summed E-state index contributed by atoms with van der Waals surface area (Å²) in [5, 5.41) is 7.16. The molecule has 0 aliphatic heterocycles. The zero-order valence-corrected chi connectivity index (χ0v) is 11.1. The molecule has 0 rings (SSSR count). The highest BCUT2D eigenvalue weighted by molar-refractivity contribution is 5.76. The van der Waals surface area contributed by atoms with E-state index >= 15 is 0 Å². The van der Waals surface area contributed by atoms with Crippen LogP contribution >= 0.6 is 0 Å². The molecule has 0 fully saturated rings. The van der Waals surface area contributed by atoms with Gasteiger partial charge in [0, 0.05) is 19.5 Å². The molecular weight excluding hydrogens is 200 g/mol. The quantitative estimate of drug-likeness (QED) is 0.337. The van der Waals surface area contributed by atoms with Gasteiger partial charge in [-0.3, -0.25) is 5.41 Å². The van der Waals surface area contributed by atoms with Gasteiger partial charge in [-0.05, 0) is 46.4 Å². The molecule has 4 nitrogen and oxygen atoms in total. The van der Waals surface area contributed by atoms with Gasteiger partial charge >= 0.3 is 0 Å². The normalized spacial score (nSPS) is 11.3. The summed E-state index contributed by atoms with van der Waals surface area (Å²) >= 11 is 0. The maximum atomic E-state index is 7.16. The number of unbranched alkanes of at least 4 members (excludes halogenated alkanes) is 1. The van der Waals surface area contributed by atoms with Crippen LogP contribution in [0.15, 0.2) is 0 Å². The van der Waals surface area contributed by atoms with E-state index in [1.807, 2.05) is 0 Å². The highest BCUT2D eigenvalue weighted by Gasteiger charge is 2.04. The number of nitrogens with two attached hydrogens (primary N) is 1. The fourth-order valence-corrected chi connectivity index (χ4v) is 1.64. The van der Waals surface area contributed by atoms with Crippen molar-refractivity contribution in [1.82, 2.24) is 9.80 Å². The second-order valence-corrected chi connectivity index (χ2v) is 4.63. The van der Waals surface area contributed by atoms with Crippen LogP contribution in [0.4, 0.5) is 0 Å². The van der Waals surface area contributed by atoms with Crippen LogP contribution in [0.1, 0.15) is 32.6 Å². The molecule has 0 atom stereocenters. The highest BCUT2D eigenvalue weighted by atomic mass is 15.2. The van der Waals surface area contributed by atoms with Crippen molar-refractivity contribution in [3.63, 3.8) is 0 Å². The van der Waals surface area contributed by atoms with Gasteiger partial charge < -0.3 is 15.5 Å². The Balaban J connectivity index is 3.62. The summed E-state index contributed by atoms with van der Waals surface area (Å²) in [4.78, 5) is 4.72. The summed E-state index contributed by atoms with van der Waals surface area (Å²) in [6.07, 6.45) is 4.14. The molecule has 0 aromatic heterocycles. The Bertz CT molecular complexity index is 180. The lowest BCUT2D eigenvalue weighted by atomic mass is 10.2.